The lowest BCUT2D eigenvalue weighted by atomic mass is 10.2. The summed E-state index contributed by atoms with van der Waals surface area (Å²) >= 11 is 0. The molecule has 0 atom stereocenters. The molecule has 0 aliphatic carbocycles. The first-order valence-electron chi connectivity index (χ1n) is 6.89. The molecule has 0 saturated carbocycles. The van der Waals surface area contributed by atoms with E-state index in [1.165, 1.54) is 18.5 Å². The van der Waals surface area contributed by atoms with Crippen molar-refractivity contribution in [3.63, 3.8) is 0 Å². The van der Waals surface area contributed by atoms with E-state index in [4.69, 9.17) is 0 Å². The molecule has 0 aliphatic rings. The summed E-state index contributed by atoms with van der Waals surface area (Å²) in [6.45, 7) is 0. The van der Waals surface area contributed by atoms with Crippen LogP contribution in [0.2, 0.25) is 0 Å². The quantitative estimate of drug-likeness (QED) is 0.654. The van der Waals surface area contributed by atoms with Gasteiger partial charge in [-0.25, -0.2) is 13.4 Å². The van der Waals surface area contributed by atoms with Crippen LogP contribution in [0.4, 0.5) is 11.5 Å². The number of nitrogens with one attached hydrogen (secondary N) is 3. The van der Waals surface area contributed by atoms with Gasteiger partial charge in [-0.05, 0) is 30.3 Å². The van der Waals surface area contributed by atoms with Gasteiger partial charge in [0.1, 0.15) is 10.7 Å². The van der Waals surface area contributed by atoms with Gasteiger partial charge in [-0.2, -0.15) is 5.10 Å². The van der Waals surface area contributed by atoms with Gasteiger partial charge in [-0.3, -0.25) is 14.6 Å². The van der Waals surface area contributed by atoms with Crippen LogP contribution in [-0.2, 0) is 10.0 Å². The first-order valence-corrected chi connectivity index (χ1v) is 8.37. The lowest BCUT2D eigenvalue weighted by molar-refractivity contribution is 0.102. The first-order chi connectivity index (χ1) is 11.5. The van der Waals surface area contributed by atoms with E-state index in [0.29, 0.717) is 11.4 Å². The van der Waals surface area contributed by atoms with Crippen LogP contribution in [0, 0.1) is 0 Å². The van der Waals surface area contributed by atoms with Crippen molar-refractivity contribution < 1.29 is 13.2 Å². The fourth-order valence-corrected chi connectivity index (χ4v) is 2.90. The molecule has 0 saturated heterocycles. The molecular weight excluding hydrogens is 330 g/mol. The number of aromatic amines is 1. The number of rotatable bonds is 5. The number of amides is 1. The number of hydrogen-bond donors (Lipinski definition) is 3. The van der Waals surface area contributed by atoms with Crippen molar-refractivity contribution in [3.05, 3.63) is 66.6 Å². The molecule has 0 spiro atoms. The van der Waals surface area contributed by atoms with Gasteiger partial charge in [0.15, 0.2) is 0 Å². The zero-order chi connectivity index (χ0) is 17.0. The van der Waals surface area contributed by atoms with Crippen LogP contribution in [0.25, 0.3) is 0 Å². The Morgan fingerprint density at radius 2 is 2.00 bits per heavy atom. The molecule has 0 aliphatic heterocycles. The molecule has 3 aromatic rings. The molecule has 3 N–H and O–H groups in total. The smallest absolute Gasteiger partial charge is 0.265 e. The van der Waals surface area contributed by atoms with Crippen LogP contribution in [0.1, 0.15) is 10.4 Å². The van der Waals surface area contributed by atoms with E-state index in [1.807, 2.05) is 0 Å². The van der Waals surface area contributed by atoms with E-state index < -0.39 is 15.9 Å². The average molecular weight is 343 g/mol. The topological polar surface area (TPSA) is 117 Å². The van der Waals surface area contributed by atoms with E-state index in [2.05, 4.69) is 25.2 Å². The van der Waals surface area contributed by atoms with E-state index in [9.17, 15) is 13.2 Å². The SMILES string of the molecule is O=C(Nc1ccccn1)c1cccc(NS(=O)(=O)c2cn[nH]c2)c1. The molecule has 122 valence electrons. The number of carbonyl (C=O) groups is 1. The summed E-state index contributed by atoms with van der Waals surface area (Å²) in [7, 11) is -3.76. The second-order valence-corrected chi connectivity index (χ2v) is 6.47. The lowest BCUT2D eigenvalue weighted by Crippen LogP contribution is -2.15. The van der Waals surface area contributed by atoms with Gasteiger partial charge in [0.2, 0.25) is 0 Å². The number of sulfonamides is 1. The van der Waals surface area contributed by atoms with Crippen molar-refractivity contribution in [1.29, 1.82) is 0 Å². The summed E-state index contributed by atoms with van der Waals surface area (Å²) in [6.07, 6.45) is 4.02. The molecule has 1 amide bonds. The van der Waals surface area contributed by atoms with Crippen molar-refractivity contribution in [3.8, 4) is 0 Å². The fraction of sp³-hybridized carbons (Fsp3) is 0. The Morgan fingerprint density at radius 1 is 1.12 bits per heavy atom. The van der Waals surface area contributed by atoms with Crippen molar-refractivity contribution in [1.82, 2.24) is 15.2 Å². The van der Waals surface area contributed by atoms with Crippen LogP contribution in [-0.4, -0.2) is 29.5 Å². The standard InChI is InChI=1S/C15H13N5O3S/c21-15(19-14-6-1-2-7-16-14)11-4-3-5-12(8-11)20-24(22,23)13-9-17-18-10-13/h1-10,20H,(H,17,18)(H,16,19,21). The molecule has 1 aromatic carbocycles. The Balaban J connectivity index is 1.78. The van der Waals surface area contributed by atoms with Gasteiger partial charge in [-0.15, -0.1) is 0 Å². The highest BCUT2D eigenvalue weighted by Crippen LogP contribution is 2.17. The molecule has 0 radical (unpaired) electrons. The second-order valence-electron chi connectivity index (χ2n) is 4.79. The van der Waals surface area contributed by atoms with Crippen LogP contribution >= 0.6 is 0 Å². The predicted octanol–water partition coefficient (Wildman–Crippen LogP) is 1.86. The van der Waals surface area contributed by atoms with E-state index >= 15 is 0 Å². The third-order valence-corrected chi connectivity index (χ3v) is 4.42. The maximum absolute atomic E-state index is 12.2. The number of carbonyl (C=O) groups excluding carboxylic acids is 1. The molecule has 2 aromatic heterocycles. The number of pyridine rings is 1. The minimum atomic E-state index is -3.76. The number of H-pyrrole nitrogens is 1. The minimum Gasteiger partial charge on any atom is -0.307 e. The largest absolute Gasteiger partial charge is 0.307 e. The normalized spacial score (nSPS) is 11.0. The van der Waals surface area contributed by atoms with Crippen LogP contribution in [0.15, 0.2) is 66.0 Å². The fourth-order valence-electron chi connectivity index (χ4n) is 1.95. The van der Waals surface area contributed by atoms with Crippen molar-refractivity contribution in [2.75, 3.05) is 10.0 Å². The monoisotopic (exact) mass is 343 g/mol. The van der Waals surface area contributed by atoms with Gasteiger partial charge >= 0.3 is 0 Å². The molecule has 2 heterocycles. The van der Waals surface area contributed by atoms with Crippen LogP contribution in [0.3, 0.4) is 0 Å². The Labute approximate surface area is 138 Å². The molecule has 9 heteroatoms. The lowest BCUT2D eigenvalue weighted by Gasteiger charge is -2.08. The number of benzene rings is 1. The molecule has 0 bridgehead atoms. The van der Waals surface area contributed by atoms with E-state index in [1.54, 1.807) is 42.6 Å². The van der Waals surface area contributed by atoms with Gasteiger partial charge in [0.25, 0.3) is 15.9 Å². The van der Waals surface area contributed by atoms with Crippen LogP contribution < -0.4 is 10.0 Å². The second kappa shape index (κ2) is 6.50. The molecule has 24 heavy (non-hydrogen) atoms. The maximum atomic E-state index is 12.2. The van der Waals surface area contributed by atoms with Gasteiger partial charge in [0, 0.05) is 23.6 Å². The van der Waals surface area contributed by atoms with Gasteiger partial charge < -0.3 is 5.32 Å². The number of nitrogens with zero attached hydrogens (tertiary/aromatic N) is 2. The van der Waals surface area contributed by atoms with Crippen molar-refractivity contribution >= 4 is 27.4 Å². The molecule has 0 fully saturated rings. The highest BCUT2D eigenvalue weighted by atomic mass is 32.2. The summed E-state index contributed by atoms with van der Waals surface area (Å²) in [5.41, 5.74) is 0.568. The number of aromatic nitrogens is 3. The zero-order valence-corrected chi connectivity index (χ0v) is 13.1. The average Bonchev–Trinajstić information content (AvgIpc) is 3.11. The number of anilines is 2. The predicted molar refractivity (Wildman–Crippen MR) is 88.0 cm³/mol. The molecule has 3 rings (SSSR count). The third kappa shape index (κ3) is 3.58. The summed E-state index contributed by atoms with van der Waals surface area (Å²) in [4.78, 5) is 16.2. The van der Waals surface area contributed by atoms with Crippen molar-refractivity contribution in [2.45, 2.75) is 4.90 Å². The summed E-state index contributed by atoms with van der Waals surface area (Å²) < 4.78 is 26.7. The van der Waals surface area contributed by atoms with Gasteiger partial charge in [-0.1, -0.05) is 12.1 Å². The Morgan fingerprint density at radius 3 is 2.71 bits per heavy atom. The highest BCUT2D eigenvalue weighted by molar-refractivity contribution is 7.92. The molecular formula is C15H13N5O3S. The third-order valence-electron chi connectivity index (χ3n) is 3.07. The summed E-state index contributed by atoms with van der Waals surface area (Å²) in [5.74, 6) is 0.0185. The maximum Gasteiger partial charge on any atom is 0.265 e. The Kier molecular flexibility index (Phi) is 4.25. The Bertz CT molecular complexity index is 940. The van der Waals surface area contributed by atoms with E-state index in [-0.39, 0.29) is 10.6 Å². The van der Waals surface area contributed by atoms with Crippen molar-refractivity contribution in [2.24, 2.45) is 0 Å². The highest BCUT2D eigenvalue weighted by Gasteiger charge is 2.16. The zero-order valence-electron chi connectivity index (χ0n) is 12.3. The Hall–Kier alpha value is -3.20. The number of hydrogen-bond acceptors (Lipinski definition) is 5. The van der Waals surface area contributed by atoms with Crippen LogP contribution in [0.5, 0.6) is 0 Å². The summed E-state index contributed by atoms with van der Waals surface area (Å²) in [5, 5.41) is 8.68. The van der Waals surface area contributed by atoms with E-state index in [0.717, 1.165) is 0 Å². The molecule has 0 unspecified atom stereocenters. The summed E-state index contributed by atoms with van der Waals surface area (Å²) in [6, 6.07) is 11.3. The first kappa shape index (κ1) is 15.7. The molecule has 8 nitrogen and oxygen atoms in total. The van der Waals surface area contributed by atoms with Gasteiger partial charge in [0.05, 0.1) is 6.20 Å². The minimum absolute atomic E-state index is 0.00541.